The number of amides is 2. The van der Waals surface area contributed by atoms with Gasteiger partial charge >= 0.3 is 5.97 Å². The summed E-state index contributed by atoms with van der Waals surface area (Å²) in [5.41, 5.74) is 1.59. The maximum absolute atomic E-state index is 12.9. The number of hydrogen-bond acceptors (Lipinski definition) is 4. The number of esters is 1. The molecule has 0 saturated heterocycles. The average Bonchev–Trinajstić information content (AvgIpc) is 3.48. The van der Waals surface area contributed by atoms with Gasteiger partial charge in [0.05, 0.1) is 24.5 Å². The van der Waals surface area contributed by atoms with Gasteiger partial charge in [0.2, 0.25) is 11.8 Å². The van der Waals surface area contributed by atoms with Crippen molar-refractivity contribution in [2.75, 3.05) is 12.4 Å². The lowest BCUT2D eigenvalue weighted by Gasteiger charge is -2.07. The maximum atomic E-state index is 12.9. The number of halogens is 1. The molecule has 0 aromatic heterocycles. The van der Waals surface area contributed by atoms with Crippen LogP contribution in [0.1, 0.15) is 22.3 Å². The van der Waals surface area contributed by atoms with Gasteiger partial charge in [0.25, 0.3) is 0 Å². The highest BCUT2D eigenvalue weighted by molar-refractivity contribution is 6.00. The van der Waals surface area contributed by atoms with E-state index in [4.69, 9.17) is 0 Å². The van der Waals surface area contributed by atoms with Crippen LogP contribution in [0.2, 0.25) is 0 Å². The van der Waals surface area contributed by atoms with Crippen LogP contribution in [0.25, 0.3) is 0 Å². The minimum atomic E-state index is -0.490. The van der Waals surface area contributed by atoms with Gasteiger partial charge in [0.15, 0.2) is 0 Å². The van der Waals surface area contributed by atoms with Crippen LogP contribution in [0.15, 0.2) is 48.5 Å². The number of ether oxygens (including phenoxy) is 1. The van der Waals surface area contributed by atoms with Gasteiger partial charge < -0.3 is 15.4 Å². The van der Waals surface area contributed by atoms with Crippen LogP contribution in [0, 0.1) is 17.7 Å². The molecule has 1 fully saturated rings. The second kappa shape index (κ2) is 7.99. The van der Waals surface area contributed by atoms with E-state index in [9.17, 15) is 18.8 Å². The summed E-state index contributed by atoms with van der Waals surface area (Å²) in [5.74, 6) is -2.08. The molecule has 2 amide bonds. The molecule has 1 saturated carbocycles. The lowest BCUT2D eigenvalue weighted by molar-refractivity contribution is -0.125. The molecular formula is C20H19FN2O4. The van der Waals surface area contributed by atoms with Crippen molar-refractivity contribution in [2.45, 2.75) is 13.0 Å². The quantitative estimate of drug-likeness (QED) is 0.765. The summed E-state index contributed by atoms with van der Waals surface area (Å²) in [7, 11) is 1.28. The molecule has 0 aliphatic heterocycles. The van der Waals surface area contributed by atoms with E-state index < -0.39 is 11.9 Å². The van der Waals surface area contributed by atoms with Gasteiger partial charge in [-0.1, -0.05) is 18.2 Å². The third-order valence-corrected chi connectivity index (χ3v) is 4.40. The van der Waals surface area contributed by atoms with Gasteiger partial charge in [-0.15, -0.1) is 0 Å². The smallest absolute Gasteiger partial charge is 0.337 e. The summed E-state index contributed by atoms with van der Waals surface area (Å²) < 4.78 is 17.5. The number of hydrogen-bond donors (Lipinski definition) is 2. The highest BCUT2D eigenvalue weighted by atomic mass is 19.1. The molecule has 140 valence electrons. The Hall–Kier alpha value is -3.22. The lowest BCUT2D eigenvalue weighted by Crippen LogP contribution is -2.27. The van der Waals surface area contributed by atoms with Crippen molar-refractivity contribution in [1.29, 1.82) is 0 Å². The molecular weight excluding hydrogens is 351 g/mol. The fourth-order valence-electron chi connectivity index (χ4n) is 2.77. The summed E-state index contributed by atoms with van der Waals surface area (Å²) in [6, 6.07) is 12.3. The second-order valence-corrected chi connectivity index (χ2v) is 6.35. The number of carbonyl (C=O) groups is 3. The van der Waals surface area contributed by atoms with Crippen LogP contribution < -0.4 is 10.6 Å². The van der Waals surface area contributed by atoms with E-state index in [0.29, 0.717) is 17.7 Å². The Morgan fingerprint density at radius 2 is 1.78 bits per heavy atom. The first-order chi connectivity index (χ1) is 13.0. The van der Waals surface area contributed by atoms with Crippen LogP contribution >= 0.6 is 0 Å². The number of methoxy groups -OCH3 is 1. The van der Waals surface area contributed by atoms with Crippen LogP contribution in [0.3, 0.4) is 0 Å². The third-order valence-electron chi connectivity index (χ3n) is 4.40. The van der Waals surface area contributed by atoms with E-state index in [1.165, 1.54) is 25.3 Å². The highest BCUT2D eigenvalue weighted by Crippen LogP contribution is 2.39. The summed E-state index contributed by atoms with van der Waals surface area (Å²) in [6.07, 6.45) is 0.470. The van der Waals surface area contributed by atoms with E-state index in [-0.39, 0.29) is 30.1 Å². The predicted octanol–water partition coefficient (Wildman–Crippen LogP) is 2.50. The van der Waals surface area contributed by atoms with Gasteiger partial charge in [-0.05, 0) is 42.3 Å². The molecule has 2 unspecified atom stereocenters. The van der Waals surface area contributed by atoms with Gasteiger partial charge in [-0.3, -0.25) is 9.59 Å². The van der Waals surface area contributed by atoms with Crippen molar-refractivity contribution in [3.05, 3.63) is 65.5 Å². The lowest BCUT2D eigenvalue weighted by atomic mass is 10.2. The fraction of sp³-hybridized carbons (Fsp3) is 0.250. The summed E-state index contributed by atoms with van der Waals surface area (Å²) in [6.45, 7) is 0.283. The number of carbonyl (C=O) groups excluding carboxylic acids is 3. The molecule has 3 rings (SSSR count). The maximum Gasteiger partial charge on any atom is 0.337 e. The monoisotopic (exact) mass is 370 g/mol. The van der Waals surface area contributed by atoms with Gasteiger partial charge in [0, 0.05) is 12.2 Å². The Morgan fingerprint density at radius 3 is 2.48 bits per heavy atom. The molecule has 1 aliphatic rings. The van der Waals surface area contributed by atoms with Crippen molar-refractivity contribution < 1.29 is 23.5 Å². The van der Waals surface area contributed by atoms with Crippen molar-refractivity contribution in [3.63, 3.8) is 0 Å². The Bertz CT molecular complexity index is 867. The van der Waals surface area contributed by atoms with Gasteiger partial charge in [-0.2, -0.15) is 0 Å². The molecule has 2 aromatic carbocycles. The number of anilines is 1. The molecule has 27 heavy (non-hydrogen) atoms. The van der Waals surface area contributed by atoms with Crippen LogP contribution in [-0.2, 0) is 20.9 Å². The number of benzene rings is 2. The minimum absolute atomic E-state index is 0.206. The predicted molar refractivity (Wildman–Crippen MR) is 96.3 cm³/mol. The molecule has 0 bridgehead atoms. The standard InChI is InChI=1S/C20H19FN2O4/c1-27-20(26)13-3-2-4-15(9-13)23-19(25)17-10-16(17)18(24)22-11-12-5-7-14(21)8-6-12/h2-9,16-17H,10-11H2,1H3,(H,22,24)(H,23,25). The third kappa shape index (κ3) is 4.69. The van der Waals surface area contributed by atoms with Crippen LogP contribution in [-0.4, -0.2) is 24.9 Å². The van der Waals surface area contributed by atoms with Crippen molar-refractivity contribution in [2.24, 2.45) is 11.8 Å². The van der Waals surface area contributed by atoms with E-state index in [0.717, 1.165) is 5.56 Å². The normalized spacial score (nSPS) is 17.7. The van der Waals surface area contributed by atoms with Crippen molar-refractivity contribution >= 4 is 23.5 Å². The largest absolute Gasteiger partial charge is 0.465 e. The van der Waals surface area contributed by atoms with E-state index in [1.807, 2.05) is 0 Å². The molecule has 7 heteroatoms. The van der Waals surface area contributed by atoms with E-state index >= 15 is 0 Å². The fourth-order valence-corrected chi connectivity index (χ4v) is 2.77. The zero-order chi connectivity index (χ0) is 19.4. The Kier molecular flexibility index (Phi) is 5.49. The topological polar surface area (TPSA) is 84.5 Å². The van der Waals surface area contributed by atoms with Crippen molar-refractivity contribution in [1.82, 2.24) is 5.32 Å². The molecule has 2 N–H and O–H groups in total. The van der Waals surface area contributed by atoms with Crippen molar-refractivity contribution in [3.8, 4) is 0 Å². The molecule has 0 spiro atoms. The highest BCUT2D eigenvalue weighted by Gasteiger charge is 2.47. The van der Waals surface area contributed by atoms with Crippen LogP contribution in [0.4, 0.5) is 10.1 Å². The molecule has 6 nitrogen and oxygen atoms in total. The first-order valence-corrected chi connectivity index (χ1v) is 8.49. The Balaban J connectivity index is 1.50. The van der Waals surface area contributed by atoms with Crippen LogP contribution in [0.5, 0.6) is 0 Å². The summed E-state index contributed by atoms with van der Waals surface area (Å²) >= 11 is 0. The second-order valence-electron chi connectivity index (χ2n) is 6.35. The SMILES string of the molecule is COC(=O)c1cccc(NC(=O)C2CC2C(=O)NCc2ccc(F)cc2)c1. The molecule has 1 aliphatic carbocycles. The Morgan fingerprint density at radius 1 is 1.07 bits per heavy atom. The zero-order valence-corrected chi connectivity index (χ0v) is 14.7. The molecule has 0 heterocycles. The number of nitrogens with one attached hydrogen (secondary N) is 2. The summed E-state index contributed by atoms with van der Waals surface area (Å²) in [5, 5.41) is 5.48. The first kappa shape index (κ1) is 18.6. The van der Waals surface area contributed by atoms with Gasteiger partial charge in [-0.25, -0.2) is 9.18 Å². The van der Waals surface area contributed by atoms with Gasteiger partial charge in [0.1, 0.15) is 5.82 Å². The Labute approximate surface area is 155 Å². The first-order valence-electron chi connectivity index (χ1n) is 8.49. The molecule has 2 atom stereocenters. The average molecular weight is 370 g/mol. The minimum Gasteiger partial charge on any atom is -0.465 e. The summed E-state index contributed by atoms with van der Waals surface area (Å²) in [4.78, 5) is 36.0. The van der Waals surface area contributed by atoms with E-state index in [1.54, 1.807) is 30.3 Å². The molecule has 2 aromatic rings. The van der Waals surface area contributed by atoms with E-state index in [2.05, 4.69) is 15.4 Å². The molecule has 0 radical (unpaired) electrons. The zero-order valence-electron chi connectivity index (χ0n) is 14.7. The number of rotatable bonds is 6.